The Morgan fingerprint density at radius 2 is 2.00 bits per heavy atom. The molecule has 2 rings (SSSR count). The number of benzene rings is 1. The molecule has 0 aromatic heterocycles. The number of piperidine rings is 1. The van der Waals surface area contributed by atoms with Crippen molar-refractivity contribution in [3.05, 3.63) is 28.2 Å². The second-order valence-corrected chi connectivity index (χ2v) is 8.15. The summed E-state index contributed by atoms with van der Waals surface area (Å²) in [6.45, 7) is 7.90. The molecule has 0 bridgehead atoms. The van der Waals surface area contributed by atoms with Crippen molar-refractivity contribution in [2.45, 2.75) is 59.0 Å². The van der Waals surface area contributed by atoms with Gasteiger partial charge in [-0.2, -0.15) is 0 Å². The maximum atomic E-state index is 12.7. The van der Waals surface area contributed by atoms with Gasteiger partial charge in [0.2, 0.25) is 5.91 Å². The Hall–Kier alpha value is -1.56. The molecule has 0 spiro atoms. The zero-order valence-electron chi connectivity index (χ0n) is 16.6. The SMILES string of the molecule is CCCCCNC(=O)C1CCN(C(=O)C(C)Oc2ccc(C)cc2Br)CC1. The molecule has 1 atom stereocenters. The van der Waals surface area contributed by atoms with Crippen LogP contribution in [0.3, 0.4) is 0 Å². The van der Waals surface area contributed by atoms with Crippen molar-refractivity contribution in [1.82, 2.24) is 10.2 Å². The van der Waals surface area contributed by atoms with Gasteiger partial charge in [-0.1, -0.05) is 25.8 Å². The van der Waals surface area contributed by atoms with Crippen LogP contribution in [-0.4, -0.2) is 42.5 Å². The first kappa shape index (κ1) is 21.7. The lowest BCUT2D eigenvalue weighted by Crippen LogP contribution is -2.47. The quantitative estimate of drug-likeness (QED) is 0.622. The monoisotopic (exact) mass is 438 g/mol. The zero-order valence-corrected chi connectivity index (χ0v) is 18.2. The maximum Gasteiger partial charge on any atom is 0.263 e. The molecule has 1 fully saturated rings. The van der Waals surface area contributed by atoms with Crippen molar-refractivity contribution >= 4 is 27.7 Å². The number of halogens is 1. The van der Waals surface area contributed by atoms with Gasteiger partial charge in [-0.25, -0.2) is 0 Å². The molecule has 1 aliphatic heterocycles. The first-order valence-electron chi connectivity index (χ1n) is 9.91. The normalized spacial score (nSPS) is 16.1. The van der Waals surface area contributed by atoms with Gasteiger partial charge in [0, 0.05) is 25.6 Å². The summed E-state index contributed by atoms with van der Waals surface area (Å²) < 4.78 is 6.70. The maximum absolute atomic E-state index is 12.7. The predicted molar refractivity (Wildman–Crippen MR) is 111 cm³/mol. The van der Waals surface area contributed by atoms with Gasteiger partial charge < -0.3 is 15.0 Å². The van der Waals surface area contributed by atoms with E-state index < -0.39 is 6.10 Å². The molecule has 2 amide bonds. The lowest BCUT2D eigenvalue weighted by Gasteiger charge is -2.33. The molecule has 27 heavy (non-hydrogen) atoms. The number of nitrogens with one attached hydrogen (secondary N) is 1. The molecule has 1 aromatic carbocycles. The molecular weight excluding hydrogens is 408 g/mol. The molecule has 6 heteroatoms. The highest BCUT2D eigenvalue weighted by Crippen LogP contribution is 2.27. The topological polar surface area (TPSA) is 58.6 Å². The van der Waals surface area contributed by atoms with Crippen LogP contribution in [0.2, 0.25) is 0 Å². The molecule has 0 radical (unpaired) electrons. The highest BCUT2D eigenvalue weighted by molar-refractivity contribution is 9.10. The van der Waals surface area contributed by atoms with Crippen LogP contribution in [0.1, 0.15) is 51.5 Å². The Bertz CT molecular complexity index is 642. The summed E-state index contributed by atoms with van der Waals surface area (Å²) in [5.74, 6) is 0.788. The third-order valence-electron chi connectivity index (χ3n) is 5.00. The van der Waals surface area contributed by atoms with E-state index in [1.165, 1.54) is 0 Å². The third kappa shape index (κ3) is 6.52. The van der Waals surface area contributed by atoms with Gasteiger partial charge in [0.15, 0.2) is 6.10 Å². The minimum absolute atomic E-state index is 0.0122. The van der Waals surface area contributed by atoms with Crippen LogP contribution in [0.4, 0.5) is 0 Å². The minimum Gasteiger partial charge on any atom is -0.480 e. The van der Waals surface area contributed by atoms with Crippen LogP contribution >= 0.6 is 15.9 Å². The van der Waals surface area contributed by atoms with E-state index >= 15 is 0 Å². The van der Waals surface area contributed by atoms with Crippen LogP contribution in [0.15, 0.2) is 22.7 Å². The molecule has 1 unspecified atom stereocenters. The smallest absolute Gasteiger partial charge is 0.263 e. The molecule has 0 aliphatic carbocycles. The van der Waals surface area contributed by atoms with Crippen molar-refractivity contribution in [3.8, 4) is 5.75 Å². The first-order valence-corrected chi connectivity index (χ1v) is 10.7. The summed E-state index contributed by atoms with van der Waals surface area (Å²) in [6.07, 6.45) is 4.20. The summed E-state index contributed by atoms with van der Waals surface area (Å²) in [7, 11) is 0. The van der Waals surface area contributed by atoms with E-state index in [0.717, 1.165) is 35.8 Å². The largest absolute Gasteiger partial charge is 0.480 e. The number of rotatable bonds is 8. The Morgan fingerprint density at radius 1 is 1.30 bits per heavy atom. The summed E-state index contributed by atoms with van der Waals surface area (Å²) in [6, 6.07) is 5.80. The van der Waals surface area contributed by atoms with E-state index in [4.69, 9.17) is 4.74 Å². The fourth-order valence-corrected chi connectivity index (χ4v) is 3.88. The van der Waals surface area contributed by atoms with E-state index in [2.05, 4.69) is 28.2 Å². The number of hydrogen-bond donors (Lipinski definition) is 1. The average molecular weight is 439 g/mol. The average Bonchev–Trinajstić information content (AvgIpc) is 2.66. The summed E-state index contributed by atoms with van der Waals surface area (Å²) in [5, 5.41) is 3.03. The molecule has 1 aromatic rings. The van der Waals surface area contributed by atoms with Gasteiger partial charge in [0.05, 0.1) is 4.47 Å². The van der Waals surface area contributed by atoms with Crippen LogP contribution in [0.5, 0.6) is 5.75 Å². The summed E-state index contributed by atoms with van der Waals surface area (Å²) in [5.41, 5.74) is 1.13. The number of nitrogens with zero attached hydrogens (tertiary/aromatic N) is 1. The highest BCUT2D eigenvalue weighted by atomic mass is 79.9. The number of carbonyl (C=O) groups excluding carboxylic acids is 2. The van der Waals surface area contributed by atoms with Gasteiger partial charge in [0.25, 0.3) is 5.91 Å². The molecule has 1 aliphatic rings. The van der Waals surface area contributed by atoms with Crippen LogP contribution in [0, 0.1) is 12.8 Å². The molecule has 1 saturated heterocycles. The molecular formula is C21H31BrN2O3. The Morgan fingerprint density at radius 3 is 2.63 bits per heavy atom. The van der Waals surface area contributed by atoms with Crippen molar-refractivity contribution in [3.63, 3.8) is 0 Å². The Labute approximate surface area is 171 Å². The molecule has 1 heterocycles. The van der Waals surface area contributed by atoms with Gasteiger partial charge in [-0.15, -0.1) is 0 Å². The fraction of sp³-hybridized carbons (Fsp3) is 0.619. The van der Waals surface area contributed by atoms with Crippen molar-refractivity contribution in [2.24, 2.45) is 5.92 Å². The van der Waals surface area contributed by atoms with E-state index in [-0.39, 0.29) is 17.7 Å². The van der Waals surface area contributed by atoms with Gasteiger partial charge in [-0.3, -0.25) is 9.59 Å². The Balaban J connectivity index is 1.79. The molecule has 150 valence electrons. The van der Waals surface area contributed by atoms with E-state index in [1.807, 2.05) is 30.0 Å². The number of carbonyl (C=O) groups is 2. The standard InChI is InChI=1S/C21H31BrN2O3/c1-4-5-6-11-23-20(25)17-9-12-24(13-10-17)21(26)16(3)27-19-8-7-15(2)14-18(19)22/h7-8,14,16-17H,4-6,9-13H2,1-3H3,(H,23,25). The van der Waals surface area contributed by atoms with E-state index in [0.29, 0.717) is 31.7 Å². The number of likely N-dealkylation sites (tertiary alicyclic amines) is 1. The highest BCUT2D eigenvalue weighted by Gasteiger charge is 2.30. The van der Waals surface area contributed by atoms with Gasteiger partial charge in [-0.05, 0) is 66.7 Å². The minimum atomic E-state index is -0.552. The van der Waals surface area contributed by atoms with Crippen LogP contribution in [0.25, 0.3) is 0 Å². The molecule has 1 N–H and O–H groups in total. The lowest BCUT2D eigenvalue weighted by atomic mass is 9.95. The number of aryl methyl sites for hydroxylation is 1. The lowest BCUT2D eigenvalue weighted by molar-refractivity contribution is -0.141. The predicted octanol–water partition coefficient (Wildman–Crippen LogP) is 4.07. The van der Waals surface area contributed by atoms with Crippen LogP contribution < -0.4 is 10.1 Å². The van der Waals surface area contributed by atoms with Crippen molar-refractivity contribution in [1.29, 1.82) is 0 Å². The van der Waals surface area contributed by atoms with E-state index in [1.54, 1.807) is 6.92 Å². The van der Waals surface area contributed by atoms with Crippen molar-refractivity contribution < 1.29 is 14.3 Å². The third-order valence-corrected chi connectivity index (χ3v) is 5.62. The number of unbranched alkanes of at least 4 members (excludes halogenated alkanes) is 2. The van der Waals surface area contributed by atoms with Gasteiger partial charge >= 0.3 is 0 Å². The van der Waals surface area contributed by atoms with Crippen LogP contribution in [-0.2, 0) is 9.59 Å². The summed E-state index contributed by atoms with van der Waals surface area (Å²) in [4.78, 5) is 26.7. The number of hydrogen-bond acceptors (Lipinski definition) is 3. The molecule has 0 saturated carbocycles. The van der Waals surface area contributed by atoms with E-state index in [9.17, 15) is 9.59 Å². The second kappa shape index (κ2) is 10.7. The first-order chi connectivity index (χ1) is 12.9. The van der Waals surface area contributed by atoms with Gasteiger partial charge in [0.1, 0.15) is 5.75 Å². The van der Waals surface area contributed by atoms with Crippen molar-refractivity contribution in [2.75, 3.05) is 19.6 Å². The Kier molecular flexibility index (Phi) is 8.61. The zero-order chi connectivity index (χ0) is 19.8. The second-order valence-electron chi connectivity index (χ2n) is 7.29. The fourth-order valence-electron chi connectivity index (χ4n) is 3.29. The summed E-state index contributed by atoms with van der Waals surface area (Å²) >= 11 is 3.48. The number of amides is 2. The number of ether oxygens (including phenoxy) is 1. The molecule has 5 nitrogen and oxygen atoms in total.